The Kier molecular flexibility index (Phi) is 5.82. The second-order valence-electron chi connectivity index (χ2n) is 9.29. The van der Waals surface area contributed by atoms with Crippen molar-refractivity contribution in [2.75, 3.05) is 24.6 Å². The predicted molar refractivity (Wildman–Crippen MR) is 128 cm³/mol. The highest BCUT2D eigenvalue weighted by Gasteiger charge is 2.33. The van der Waals surface area contributed by atoms with E-state index in [-0.39, 0.29) is 46.8 Å². The zero-order valence-corrected chi connectivity index (χ0v) is 20.1. The molecule has 2 aromatic heterocycles. The van der Waals surface area contributed by atoms with Crippen molar-refractivity contribution in [3.05, 3.63) is 47.7 Å². The number of pyridine rings is 1. The number of nitrogens with two attached hydrogens (primary N) is 1. The largest absolute Gasteiger partial charge is 0.369 e. The molecule has 2 saturated heterocycles. The van der Waals surface area contributed by atoms with Crippen LogP contribution in [-0.2, 0) is 14.6 Å². The average molecular weight is 500 g/mol. The zero-order valence-electron chi connectivity index (χ0n) is 19.3. The van der Waals surface area contributed by atoms with Crippen LogP contribution in [0, 0.1) is 18.7 Å². The fourth-order valence-electron chi connectivity index (χ4n) is 5.08. The van der Waals surface area contributed by atoms with Crippen molar-refractivity contribution >= 4 is 32.7 Å². The normalized spacial score (nSPS) is 20.4. The lowest BCUT2D eigenvalue weighted by molar-refractivity contribution is -0.123. The molecule has 4 heterocycles. The molecular formula is C24H26FN5O4S. The molecule has 0 radical (unpaired) electrons. The number of piperidine rings is 1. The van der Waals surface area contributed by atoms with Gasteiger partial charge in [0.25, 0.3) is 5.91 Å². The fourth-order valence-corrected chi connectivity index (χ4v) is 6.78. The maximum Gasteiger partial charge on any atom is 0.274 e. The van der Waals surface area contributed by atoms with E-state index in [1.807, 2.05) is 4.57 Å². The van der Waals surface area contributed by atoms with Crippen LogP contribution >= 0.6 is 0 Å². The Morgan fingerprint density at radius 3 is 2.37 bits per heavy atom. The summed E-state index contributed by atoms with van der Waals surface area (Å²) in [4.78, 5) is 36.1. The summed E-state index contributed by atoms with van der Waals surface area (Å²) in [7, 11) is -3.15. The van der Waals surface area contributed by atoms with Crippen molar-refractivity contribution in [2.24, 2.45) is 11.7 Å². The topological polar surface area (TPSA) is 128 Å². The number of amides is 2. The summed E-state index contributed by atoms with van der Waals surface area (Å²) in [6.07, 6.45) is 1.43. The second-order valence-corrected chi connectivity index (χ2v) is 11.5. The van der Waals surface area contributed by atoms with E-state index < -0.39 is 9.84 Å². The van der Waals surface area contributed by atoms with E-state index in [2.05, 4.69) is 9.97 Å². The number of imidazole rings is 1. The third kappa shape index (κ3) is 4.40. The number of rotatable bonds is 4. The first kappa shape index (κ1) is 23.4. The number of benzene rings is 1. The highest BCUT2D eigenvalue weighted by atomic mass is 32.2. The second kappa shape index (κ2) is 8.71. The zero-order chi connectivity index (χ0) is 24.9. The number of nitrogens with zero attached hydrogens (tertiary/aromatic N) is 4. The smallest absolute Gasteiger partial charge is 0.274 e. The lowest BCUT2D eigenvalue weighted by atomic mass is 9.96. The Morgan fingerprint density at radius 1 is 1.09 bits per heavy atom. The maximum atomic E-state index is 13.6. The van der Waals surface area contributed by atoms with Crippen LogP contribution in [0.25, 0.3) is 22.3 Å². The van der Waals surface area contributed by atoms with Gasteiger partial charge in [-0.15, -0.1) is 0 Å². The molecule has 1 unspecified atom stereocenters. The molecule has 2 fully saturated rings. The molecule has 35 heavy (non-hydrogen) atoms. The van der Waals surface area contributed by atoms with Crippen molar-refractivity contribution in [1.29, 1.82) is 0 Å². The molecule has 0 saturated carbocycles. The number of carbonyl (C=O) groups is 2. The standard InChI is InChI=1S/C24H26FN5O4S/c1-14-27-21-20(30(14)18-8-11-35(33,34)13-18)12-19(15-2-4-17(25)5-3-15)28-22(21)24(32)29-9-6-16(7-10-29)23(26)31/h2-5,12,16,18H,6-11,13H2,1H3,(H2,26,31). The molecule has 2 amide bonds. The molecule has 9 nitrogen and oxygen atoms in total. The van der Waals surface area contributed by atoms with Gasteiger partial charge in [0, 0.05) is 24.6 Å². The minimum atomic E-state index is -3.15. The summed E-state index contributed by atoms with van der Waals surface area (Å²) in [6, 6.07) is 7.31. The van der Waals surface area contributed by atoms with Crippen LogP contribution in [0.1, 0.15) is 41.6 Å². The number of hydrogen-bond donors (Lipinski definition) is 1. The third-order valence-corrected chi connectivity index (χ3v) is 8.71. The molecule has 1 atom stereocenters. The van der Waals surface area contributed by atoms with Crippen molar-refractivity contribution in [2.45, 2.75) is 32.2 Å². The molecule has 3 aromatic rings. The Labute approximate surface area is 202 Å². The number of sulfone groups is 1. The van der Waals surface area contributed by atoms with Gasteiger partial charge in [-0.05, 0) is 56.5 Å². The van der Waals surface area contributed by atoms with Crippen molar-refractivity contribution in [3.63, 3.8) is 0 Å². The highest BCUT2D eigenvalue weighted by molar-refractivity contribution is 7.91. The molecule has 5 rings (SSSR count). The van der Waals surface area contributed by atoms with E-state index in [1.54, 1.807) is 30.0 Å². The van der Waals surface area contributed by atoms with Gasteiger partial charge in [-0.3, -0.25) is 9.59 Å². The molecule has 2 aliphatic heterocycles. The van der Waals surface area contributed by atoms with Gasteiger partial charge in [0.1, 0.15) is 17.2 Å². The molecule has 11 heteroatoms. The number of primary amides is 1. The van der Waals surface area contributed by atoms with E-state index in [0.717, 1.165) is 0 Å². The van der Waals surface area contributed by atoms with Crippen LogP contribution in [0.15, 0.2) is 30.3 Å². The Morgan fingerprint density at radius 2 is 1.77 bits per heavy atom. The molecule has 0 spiro atoms. The maximum absolute atomic E-state index is 13.6. The molecule has 0 bridgehead atoms. The summed E-state index contributed by atoms with van der Waals surface area (Å²) in [5.41, 5.74) is 7.70. The van der Waals surface area contributed by atoms with E-state index in [4.69, 9.17) is 5.73 Å². The number of aromatic nitrogens is 3. The molecule has 1 aromatic carbocycles. The van der Waals surface area contributed by atoms with Gasteiger partial charge >= 0.3 is 0 Å². The Bertz CT molecular complexity index is 1430. The molecule has 2 N–H and O–H groups in total. The lowest BCUT2D eigenvalue weighted by Gasteiger charge is -2.30. The fraction of sp³-hybridized carbons (Fsp3) is 0.417. The minimum absolute atomic E-state index is 0.0113. The molecular weight excluding hydrogens is 473 g/mol. The highest BCUT2D eigenvalue weighted by Crippen LogP contribution is 2.33. The average Bonchev–Trinajstić information content (AvgIpc) is 3.35. The van der Waals surface area contributed by atoms with Gasteiger partial charge in [0.05, 0.1) is 28.8 Å². The van der Waals surface area contributed by atoms with Crippen molar-refractivity contribution < 1.29 is 22.4 Å². The number of likely N-dealkylation sites (tertiary alicyclic amines) is 1. The minimum Gasteiger partial charge on any atom is -0.369 e. The van der Waals surface area contributed by atoms with Crippen LogP contribution < -0.4 is 5.73 Å². The van der Waals surface area contributed by atoms with E-state index >= 15 is 0 Å². The van der Waals surface area contributed by atoms with Gasteiger partial charge in [0.15, 0.2) is 15.5 Å². The summed E-state index contributed by atoms with van der Waals surface area (Å²) < 4.78 is 39.8. The summed E-state index contributed by atoms with van der Waals surface area (Å²) >= 11 is 0. The van der Waals surface area contributed by atoms with Gasteiger partial charge in [-0.25, -0.2) is 22.8 Å². The first-order valence-corrected chi connectivity index (χ1v) is 13.4. The van der Waals surface area contributed by atoms with Crippen LogP contribution in [0.2, 0.25) is 0 Å². The predicted octanol–water partition coefficient (Wildman–Crippen LogP) is 2.24. The van der Waals surface area contributed by atoms with Gasteiger partial charge in [-0.1, -0.05) is 0 Å². The van der Waals surface area contributed by atoms with Crippen LogP contribution in [0.4, 0.5) is 4.39 Å². The van der Waals surface area contributed by atoms with Crippen LogP contribution in [0.3, 0.4) is 0 Å². The lowest BCUT2D eigenvalue weighted by Crippen LogP contribution is -2.42. The first-order valence-electron chi connectivity index (χ1n) is 11.6. The Hall–Kier alpha value is -3.34. The van der Waals surface area contributed by atoms with E-state index in [9.17, 15) is 22.4 Å². The SMILES string of the molecule is Cc1nc2c(C(=O)N3CCC(C(N)=O)CC3)nc(-c3ccc(F)cc3)cc2n1C1CCS(=O)(=O)C1. The first-order chi connectivity index (χ1) is 16.6. The van der Waals surface area contributed by atoms with Crippen molar-refractivity contribution in [3.8, 4) is 11.3 Å². The van der Waals surface area contributed by atoms with Crippen LogP contribution in [0.5, 0.6) is 0 Å². The quantitative estimate of drug-likeness (QED) is 0.586. The molecule has 2 aliphatic rings. The van der Waals surface area contributed by atoms with Gasteiger partial charge < -0.3 is 15.2 Å². The van der Waals surface area contributed by atoms with E-state index in [1.165, 1.54) is 12.1 Å². The number of carbonyl (C=O) groups excluding carboxylic acids is 2. The number of fused-ring (bicyclic) bond motifs is 1. The summed E-state index contributed by atoms with van der Waals surface area (Å²) in [6.45, 7) is 2.53. The number of aryl methyl sites for hydroxylation is 1. The molecule has 0 aliphatic carbocycles. The number of hydrogen-bond acceptors (Lipinski definition) is 6. The van der Waals surface area contributed by atoms with Gasteiger partial charge in [0.2, 0.25) is 5.91 Å². The summed E-state index contributed by atoms with van der Waals surface area (Å²) in [5.74, 6) is -0.613. The van der Waals surface area contributed by atoms with Crippen LogP contribution in [-0.4, -0.2) is 64.3 Å². The monoisotopic (exact) mass is 499 g/mol. The third-order valence-electron chi connectivity index (χ3n) is 6.96. The summed E-state index contributed by atoms with van der Waals surface area (Å²) in [5, 5.41) is 0. The van der Waals surface area contributed by atoms with E-state index in [0.29, 0.717) is 60.5 Å². The van der Waals surface area contributed by atoms with Crippen molar-refractivity contribution in [1.82, 2.24) is 19.4 Å². The molecule has 184 valence electrons. The Balaban J connectivity index is 1.62. The number of halogens is 1. The van der Waals surface area contributed by atoms with Gasteiger partial charge in [-0.2, -0.15) is 0 Å².